The summed E-state index contributed by atoms with van der Waals surface area (Å²) in [5.74, 6) is 0.439. The summed E-state index contributed by atoms with van der Waals surface area (Å²) in [5.41, 5.74) is 0.952. The van der Waals surface area contributed by atoms with Gasteiger partial charge in [-0.2, -0.15) is 0 Å². The first-order chi connectivity index (χ1) is 9.08. The molecule has 8 heteroatoms. The molecule has 2 rings (SSSR count). The maximum atomic E-state index is 10.5. The molecule has 19 heavy (non-hydrogen) atoms. The largest absolute Gasteiger partial charge is 0.368 e. The average Bonchev–Trinajstić information content (AvgIpc) is 2.77. The van der Waals surface area contributed by atoms with Crippen molar-refractivity contribution in [1.29, 1.82) is 0 Å². The van der Waals surface area contributed by atoms with Crippen LogP contribution in [-0.2, 0) is 13.5 Å². The Morgan fingerprint density at radius 3 is 2.89 bits per heavy atom. The number of nitrogens with zero attached hydrogens (tertiary/aromatic N) is 4. The number of aryl methyl sites for hydroxylation is 1. The molecule has 100 valence electrons. The first-order valence-electron chi connectivity index (χ1n) is 5.57. The van der Waals surface area contributed by atoms with E-state index in [-0.39, 0.29) is 10.7 Å². The van der Waals surface area contributed by atoms with E-state index in [4.69, 9.17) is 11.6 Å². The first-order valence-corrected chi connectivity index (χ1v) is 5.94. The van der Waals surface area contributed by atoms with Crippen molar-refractivity contribution in [1.82, 2.24) is 14.5 Å². The van der Waals surface area contributed by atoms with Gasteiger partial charge in [0.1, 0.15) is 12.0 Å². The number of rotatable bonds is 5. The van der Waals surface area contributed by atoms with Gasteiger partial charge in [0, 0.05) is 38.0 Å². The SMILES string of the molecule is Cn1cncc1CCNc1ncc([N+](=O)[O-])cc1Cl. The lowest BCUT2D eigenvalue weighted by molar-refractivity contribution is -0.385. The van der Waals surface area contributed by atoms with Crippen LogP contribution in [-0.4, -0.2) is 26.0 Å². The number of imidazole rings is 1. The van der Waals surface area contributed by atoms with E-state index in [9.17, 15) is 10.1 Å². The smallest absolute Gasteiger partial charge is 0.289 e. The van der Waals surface area contributed by atoms with Gasteiger partial charge >= 0.3 is 0 Å². The molecule has 2 aromatic heterocycles. The maximum absolute atomic E-state index is 10.5. The topological polar surface area (TPSA) is 85.9 Å². The number of nitro groups is 1. The fraction of sp³-hybridized carbons (Fsp3) is 0.273. The van der Waals surface area contributed by atoms with Gasteiger partial charge in [0.25, 0.3) is 5.69 Å². The van der Waals surface area contributed by atoms with E-state index in [1.54, 1.807) is 12.5 Å². The van der Waals surface area contributed by atoms with Gasteiger partial charge in [-0.25, -0.2) is 9.97 Å². The van der Waals surface area contributed by atoms with Crippen LogP contribution in [0.15, 0.2) is 24.8 Å². The van der Waals surface area contributed by atoms with E-state index >= 15 is 0 Å². The molecule has 0 amide bonds. The Morgan fingerprint density at radius 2 is 2.32 bits per heavy atom. The Hall–Kier alpha value is -2.15. The number of pyridine rings is 1. The molecule has 0 unspecified atom stereocenters. The summed E-state index contributed by atoms with van der Waals surface area (Å²) < 4.78 is 1.92. The van der Waals surface area contributed by atoms with Gasteiger partial charge in [-0.05, 0) is 0 Å². The lowest BCUT2D eigenvalue weighted by Gasteiger charge is -2.07. The van der Waals surface area contributed by atoms with Gasteiger partial charge in [0.05, 0.1) is 16.3 Å². The molecule has 0 fully saturated rings. The van der Waals surface area contributed by atoms with Crippen LogP contribution < -0.4 is 5.32 Å². The molecule has 2 aromatic rings. The number of aromatic nitrogens is 3. The highest BCUT2D eigenvalue weighted by Crippen LogP contribution is 2.23. The van der Waals surface area contributed by atoms with E-state index in [0.717, 1.165) is 12.1 Å². The Bertz CT molecular complexity index is 599. The fourth-order valence-electron chi connectivity index (χ4n) is 1.59. The van der Waals surface area contributed by atoms with E-state index in [1.165, 1.54) is 12.3 Å². The normalized spacial score (nSPS) is 10.4. The quantitative estimate of drug-likeness (QED) is 0.669. The molecule has 0 aliphatic carbocycles. The van der Waals surface area contributed by atoms with Crippen molar-refractivity contribution in [2.45, 2.75) is 6.42 Å². The van der Waals surface area contributed by atoms with Crippen molar-refractivity contribution in [3.63, 3.8) is 0 Å². The monoisotopic (exact) mass is 281 g/mol. The highest BCUT2D eigenvalue weighted by Gasteiger charge is 2.10. The van der Waals surface area contributed by atoms with Gasteiger partial charge < -0.3 is 9.88 Å². The molecular formula is C11H12ClN5O2. The zero-order valence-electron chi connectivity index (χ0n) is 10.2. The molecular weight excluding hydrogens is 270 g/mol. The van der Waals surface area contributed by atoms with Crippen molar-refractivity contribution in [3.8, 4) is 0 Å². The second-order valence-corrected chi connectivity index (χ2v) is 4.36. The van der Waals surface area contributed by atoms with Gasteiger partial charge in [-0.3, -0.25) is 10.1 Å². The van der Waals surface area contributed by atoms with Crippen LogP contribution in [0.4, 0.5) is 11.5 Å². The summed E-state index contributed by atoms with van der Waals surface area (Å²) in [7, 11) is 1.92. The van der Waals surface area contributed by atoms with Gasteiger partial charge in [0.2, 0.25) is 0 Å². The summed E-state index contributed by atoms with van der Waals surface area (Å²) in [4.78, 5) is 18.0. The molecule has 0 saturated carbocycles. The molecule has 0 radical (unpaired) electrons. The molecule has 0 saturated heterocycles. The third kappa shape index (κ3) is 3.19. The van der Waals surface area contributed by atoms with Crippen LogP contribution in [0, 0.1) is 10.1 Å². The average molecular weight is 282 g/mol. The van der Waals surface area contributed by atoms with E-state index < -0.39 is 4.92 Å². The summed E-state index contributed by atoms with van der Waals surface area (Å²) in [6.07, 6.45) is 5.45. The highest BCUT2D eigenvalue weighted by molar-refractivity contribution is 6.33. The predicted molar refractivity (Wildman–Crippen MR) is 71.3 cm³/mol. The van der Waals surface area contributed by atoms with Crippen LogP contribution in [0.1, 0.15) is 5.69 Å². The molecule has 0 atom stereocenters. The van der Waals surface area contributed by atoms with Gasteiger partial charge in [-0.15, -0.1) is 0 Å². The Balaban J connectivity index is 1.96. The molecule has 0 spiro atoms. The molecule has 0 aliphatic heterocycles. The Kier molecular flexibility index (Phi) is 3.96. The van der Waals surface area contributed by atoms with E-state index in [0.29, 0.717) is 12.4 Å². The summed E-state index contributed by atoms with van der Waals surface area (Å²) in [6.45, 7) is 0.615. The lowest BCUT2D eigenvalue weighted by Crippen LogP contribution is -2.09. The Labute approximate surface area is 114 Å². The number of hydrogen-bond donors (Lipinski definition) is 1. The number of anilines is 1. The molecule has 2 heterocycles. The number of hydrogen-bond acceptors (Lipinski definition) is 5. The number of halogens is 1. The van der Waals surface area contributed by atoms with Crippen molar-refractivity contribution < 1.29 is 4.92 Å². The molecule has 0 aliphatic rings. The van der Waals surface area contributed by atoms with Crippen LogP contribution in [0.3, 0.4) is 0 Å². The maximum Gasteiger partial charge on any atom is 0.289 e. The molecule has 0 bridgehead atoms. The van der Waals surface area contributed by atoms with Crippen LogP contribution in [0.5, 0.6) is 0 Å². The highest BCUT2D eigenvalue weighted by atomic mass is 35.5. The van der Waals surface area contributed by atoms with Crippen LogP contribution in [0.2, 0.25) is 5.02 Å². The summed E-state index contributed by atoms with van der Waals surface area (Å²) in [5, 5.41) is 13.8. The minimum Gasteiger partial charge on any atom is -0.368 e. The van der Waals surface area contributed by atoms with Gasteiger partial charge in [0.15, 0.2) is 0 Å². The van der Waals surface area contributed by atoms with Crippen LogP contribution in [0.25, 0.3) is 0 Å². The minimum absolute atomic E-state index is 0.123. The fourth-order valence-corrected chi connectivity index (χ4v) is 1.82. The minimum atomic E-state index is -0.529. The third-order valence-corrected chi connectivity index (χ3v) is 2.92. The predicted octanol–water partition coefficient (Wildman–Crippen LogP) is 2.03. The van der Waals surface area contributed by atoms with Crippen molar-refractivity contribution in [2.75, 3.05) is 11.9 Å². The second kappa shape index (κ2) is 5.66. The van der Waals surface area contributed by atoms with Crippen molar-refractivity contribution in [2.24, 2.45) is 7.05 Å². The molecule has 0 aromatic carbocycles. The second-order valence-electron chi connectivity index (χ2n) is 3.95. The lowest BCUT2D eigenvalue weighted by atomic mass is 10.3. The van der Waals surface area contributed by atoms with E-state index in [1.807, 2.05) is 11.6 Å². The molecule has 1 N–H and O–H groups in total. The number of nitrogens with one attached hydrogen (secondary N) is 1. The first kappa shape index (κ1) is 13.3. The van der Waals surface area contributed by atoms with Gasteiger partial charge in [-0.1, -0.05) is 11.6 Å². The van der Waals surface area contributed by atoms with Crippen molar-refractivity contribution >= 4 is 23.1 Å². The summed E-state index contributed by atoms with van der Waals surface area (Å²) >= 11 is 5.92. The van der Waals surface area contributed by atoms with Crippen LogP contribution >= 0.6 is 11.6 Å². The zero-order chi connectivity index (χ0) is 13.8. The summed E-state index contributed by atoms with van der Waals surface area (Å²) in [6, 6.07) is 1.28. The third-order valence-electron chi connectivity index (χ3n) is 2.63. The standard InChI is InChI=1S/C11H12ClN5O2/c1-16-7-13-5-8(16)2-3-14-11-10(12)4-9(6-15-11)17(18)19/h4-7H,2-3H2,1H3,(H,14,15). The molecule has 7 nitrogen and oxygen atoms in total. The van der Waals surface area contributed by atoms with Crippen molar-refractivity contribution in [3.05, 3.63) is 45.6 Å². The zero-order valence-corrected chi connectivity index (χ0v) is 11.0. The van der Waals surface area contributed by atoms with E-state index in [2.05, 4.69) is 15.3 Å². The Morgan fingerprint density at radius 1 is 1.53 bits per heavy atom.